The van der Waals surface area contributed by atoms with Gasteiger partial charge in [-0.3, -0.25) is 4.79 Å². The second kappa shape index (κ2) is 8.83. The van der Waals surface area contributed by atoms with Crippen LogP contribution < -0.4 is 0 Å². The van der Waals surface area contributed by atoms with E-state index in [0.717, 1.165) is 17.0 Å². The molecule has 0 spiro atoms. The number of aromatic nitrogens is 2. The topological polar surface area (TPSA) is 74.3 Å². The maximum atomic E-state index is 12.6. The Morgan fingerprint density at radius 3 is 2.58 bits per heavy atom. The largest absolute Gasteiger partial charge is 0.454 e. The van der Waals surface area contributed by atoms with Gasteiger partial charge in [0.1, 0.15) is 5.52 Å². The van der Waals surface area contributed by atoms with E-state index in [1.165, 1.54) is 12.2 Å². The lowest BCUT2D eigenvalue weighted by atomic mass is 10.1. The van der Waals surface area contributed by atoms with Gasteiger partial charge in [-0.25, -0.2) is 9.78 Å². The molecule has 6 heteroatoms. The summed E-state index contributed by atoms with van der Waals surface area (Å²) >= 11 is 0. The molecule has 156 valence electrons. The quantitative estimate of drug-likeness (QED) is 0.248. The molecule has 0 fully saturated rings. The molecule has 6 nitrogen and oxygen atoms in total. The summed E-state index contributed by atoms with van der Waals surface area (Å²) in [6, 6.07) is 19.2. The average molecular weight is 414 g/mol. The van der Waals surface area contributed by atoms with Crippen LogP contribution in [0.1, 0.15) is 33.2 Å². The molecule has 0 aliphatic rings. The first kappa shape index (κ1) is 20.3. The summed E-state index contributed by atoms with van der Waals surface area (Å²) in [5.74, 6) is -0.571. The smallest absolute Gasteiger partial charge is 0.331 e. The van der Waals surface area contributed by atoms with Gasteiger partial charge in [-0.2, -0.15) is 0 Å². The summed E-state index contributed by atoms with van der Waals surface area (Å²) in [5.41, 5.74) is 4.88. The highest BCUT2D eigenvalue weighted by molar-refractivity contribution is 6.00. The Hall–Kier alpha value is -3.93. The van der Waals surface area contributed by atoms with E-state index in [1.807, 2.05) is 68.4 Å². The molecule has 4 aromatic rings. The number of oxazole rings is 1. The molecule has 0 N–H and O–H groups in total. The summed E-state index contributed by atoms with van der Waals surface area (Å²) in [5, 5.41) is 0. The zero-order chi connectivity index (χ0) is 21.8. The Kier molecular flexibility index (Phi) is 5.80. The number of aryl methyl sites for hydroxylation is 1. The first-order valence-electron chi connectivity index (χ1n) is 9.95. The number of fused-ring (bicyclic) bond motifs is 1. The number of esters is 1. The molecular formula is C25H22N2O4. The number of Topliss-reactive ketones (excluding diaryl/α,β-unsaturated/α-hetero) is 1. The molecule has 0 aliphatic heterocycles. The molecule has 0 saturated heterocycles. The van der Waals surface area contributed by atoms with Gasteiger partial charge >= 0.3 is 5.97 Å². The molecule has 0 radical (unpaired) electrons. The predicted molar refractivity (Wildman–Crippen MR) is 118 cm³/mol. The number of carbonyl (C=O) groups is 2. The molecule has 0 aliphatic carbocycles. The molecule has 0 unspecified atom stereocenters. The molecule has 0 bridgehead atoms. The Morgan fingerprint density at radius 1 is 1.06 bits per heavy atom. The zero-order valence-corrected chi connectivity index (χ0v) is 17.4. The lowest BCUT2D eigenvalue weighted by Crippen LogP contribution is -2.13. The summed E-state index contributed by atoms with van der Waals surface area (Å²) in [6.45, 7) is 4.21. The molecular weight excluding hydrogens is 392 g/mol. The number of nitrogens with zero attached hydrogens (tertiary/aromatic N) is 2. The van der Waals surface area contributed by atoms with Gasteiger partial charge in [-0.05, 0) is 37.6 Å². The van der Waals surface area contributed by atoms with E-state index in [9.17, 15) is 9.59 Å². The van der Waals surface area contributed by atoms with Crippen molar-refractivity contribution in [3.63, 3.8) is 0 Å². The van der Waals surface area contributed by atoms with E-state index < -0.39 is 5.97 Å². The fourth-order valence-corrected chi connectivity index (χ4v) is 3.46. The summed E-state index contributed by atoms with van der Waals surface area (Å²) < 4.78 is 12.7. The van der Waals surface area contributed by atoms with Gasteiger partial charge in [0.25, 0.3) is 0 Å². The first-order valence-corrected chi connectivity index (χ1v) is 9.95. The Morgan fingerprint density at radius 2 is 1.81 bits per heavy atom. The fourth-order valence-electron chi connectivity index (χ4n) is 3.46. The number of carbonyl (C=O) groups excluding carboxylic acids is 2. The lowest BCUT2D eigenvalue weighted by Gasteiger charge is -2.10. The van der Waals surface area contributed by atoms with Crippen molar-refractivity contribution in [2.75, 3.05) is 6.61 Å². The van der Waals surface area contributed by atoms with E-state index in [4.69, 9.17) is 9.15 Å². The number of para-hydroxylation sites is 2. The van der Waals surface area contributed by atoms with Crippen LogP contribution in [-0.4, -0.2) is 27.9 Å². The molecule has 4 rings (SSSR count). The summed E-state index contributed by atoms with van der Waals surface area (Å²) in [4.78, 5) is 28.9. The normalized spacial score (nSPS) is 11.3. The summed E-state index contributed by atoms with van der Waals surface area (Å²) in [7, 11) is 0. The fraction of sp³-hybridized carbons (Fsp3) is 0.160. The number of benzene rings is 2. The predicted octanol–water partition coefficient (Wildman–Crippen LogP) is 4.73. The molecule has 2 aromatic heterocycles. The maximum absolute atomic E-state index is 12.6. The van der Waals surface area contributed by atoms with E-state index in [1.54, 1.807) is 6.07 Å². The number of rotatable bonds is 7. The monoisotopic (exact) mass is 414 g/mol. The molecule has 0 amide bonds. The van der Waals surface area contributed by atoms with Crippen molar-refractivity contribution in [2.24, 2.45) is 0 Å². The van der Waals surface area contributed by atoms with Crippen LogP contribution in [0.15, 0.2) is 71.2 Å². The van der Waals surface area contributed by atoms with Crippen molar-refractivity contribution in [3.8, 4) is 0 Å². The van der Waals surface area contributed by atoms with E-state index in [0.29, 0.717) is 29.1 Å². The standard InChI is InChI=1S/C25H22N2O4/c1-17-14-20(18(2)27(17)15-19-8-4-3-5-9-19)22(28)16-30-25(29)13-12-24-26-21-10-6-7-11-23(21)31-24/h3-14H,15-16H2,1-2H3/b13-12+. The third-order valence-electron chi connectivity index (χ3n) is 5.08. The van der Waals surface area contributed by atoms with Crippen LogP contribution in [0.25, 0.3) is 17.2 Å². The van der Waals surface area contributed by atoms with Gasteiger partial charge in [0.15, 0.2) is 12.2 Å². The van der Waals surface area contributed by atoms with Crippen LogP contribution in [0, 0.1) is 13.8 Å². The van der Waals surface area contributed by atoms with Gasteiger partial charge in [0.05, 0.1) is 0 Å². The number of hydrogen-bond donors (Lipinski definition) is 0. The molecule has 2 heterocycles. The van der Waals surface area contributed by atoms with E-state index in [-0.39, 0.29) is 12.4 Å². The average Bonchev–Trinajstić information content (AvgIpc) is 3.32. The molecule has 2 aromatic carbocycles. The summed E-state index contributed by atoms with van der Waals surface area (Å²) in [6.07, 6.45) is 2.63. The third-order valence-corrected chi connectivity index (χ3v) is 5.08. The zero-order valence-electron chi connectivity index (χ0n) is 17.4. The van der Waals surface area contributed by atoms with E-state index >= 15 is 0 Å². The van der Waals surface area contributed by atoms with Gasteiger partial charge < -0.3 is 13.7 Å². The van der Waals surface area contributed by atoms with Crippen LogP contribution in [0.4, 0.5) is 0 Å². The maximum Gasteiger partial charge on any atom is 0.331 e. The SMILES string of the molecule is Cc1cc(C(=O)COC(=O)/C=C/c2nc3ccccc3o2)c(C)n1Cc1ccccc1. The highest BCUT2D eigenvalue weighted by atomic mass is 16.5. The first-order chi connectivity index (χ1) is 15.0. The van der Waals surface area contributed by atoms with Crippen LogP contribution in [0.2, 0.25) is 0 Å². The third kappa shape index (κ3) is 4.64. The van der Waals surface area contributed by atoms with Crippen molar-refractivity contribution in [1.82, 2.24) is 9.55 Å². The van der Waals surface area contributed by atoms with Crippen molar-refractivity contribution in [1.29, 1.82) is 0 Å². The van der Waals surface area contributed by atoms with Crippen molar-refractivity contribution < 1.29 is 18.7 Å². The van der Waals surface area contributed by atoms with E-state index in [2.05, 4.69) is 9.55 Å². The van der Waals surface area contributed by atoms with Crippen LogP contribution >= 0.6 is 0 Å². The van der Waals surface area contributed by atoms with Crippen molar-refractivity contribution in [2.45, 2.75) is 20.4 Å². The Labute approximate surface area is 179 Å². The van der Waals surface area contributed by atoms with Crippen molar-refractivity contribution >= 4 is 28.9 Å². The highest BCUT2D eigenvalue weighted by Crippen LogP contribution is 2.18. The minimum atomic E-state index is -0.631. The Bertz CT molecular complexity index is 1230. The second-order valence-electron chi connectivity index (χ2n) is 7.24. The van der Waals surface area contributed by atoms with Crippen molar-refractivity contribution in [3.05, 3.63) is 95.1 Å². The number of hydrogen-bond acceptors (Lipinski definition) is 5. The molecule has 31 heavy (non-hydrogen) atoms. The van der Waals surface area contributed by atoms with Crippen LogP contribution in [-0.2, 0) is 16.1 Å². The lowest BCUT2D eigenvalue weighted by molar-refractivity contribution is -0.136. The minimum absolute atomic E-state index is 0.240. The van der Waals surface area contributed by atoms with Crippen LogP contribution in [0.3, 0.4) is 0 Å². The number of ketones is 1. The minimum Gasteiger partial charge on any atom is -0.454 e. The Balaban J connectivity index is 1.38. The number of ether oxygens (including phenoxy) is 1. The molecule has 0 saturated carbocycles. The van der Waals surface area contributed by atoms with Crippen LogP contribution in [0.5, 0.6) is 0 Å². The van der Waals surface area contributed by atoms with Gasteiger partial charge in [0.2, 0.25) is 11.7 Å². The van der Waals surface area contributed by atoms with Gasteiger partial charge in [-0.15, -0.1) is 0 Å². The highest BCUT2D eigenvalue weighted by Gasteiger charge is 2.17. The van der Waals surface area contributed by atoms with Gasteiger partial charge in [0, 0.05) is 35.6 Å². The second-order valence-corrected chi connectivity index (χ2v) is 7.24. The molecule has 0 atom stereocenters. The van der Waals surface area contributed by atoms with Gasteiger partial charge in [-0.1, -0.05) is 42.5 Å².